The van der Waals surface area contributed by atoms with Crippen LogP contribution in [0.3, 0.4) is 0 Å². The van der Waals surface area contributed by atoms with Gasteiger partial charge >= 0.3 is 0 Å². The van der Waals surface area contributed by atoms with Crippen LogP contribution in [0, 0.1) is 11.8 Å². The molecule has 0 aliphatic heterocycles. The van der Waals surface area contributed by atoms with E-state index >= 15 is 0 Å². The van der Waals surface area contributed by atoms with Gasteiger partial charge in [0.2, 0.25) is 0 Å². The summed E-state index contributed by atoms with van der Waals surface area (Å²) in [4.78, 5) is 25.2. The molecule has 0 saturated heterocycles. The van der Waals surface area contributed by atoms with Gasteiger partial charge in [0.1, 0.15) is 0 Å². The van der Waals surface area contributed by atoms with Gasteiger partial charge in [-0.1, -0.05) is 38.1 Å². The number of carbonyl (C=O) groups is 2. The van der Waals surface area contributed by atoms with Crippen molar-refractivity contribution in [1.29, 1.82) is 0 Å². The average Bonchev–Trinajstić information content (AvgIpc) is 2.82. The zero-order valence-corrected chi connectivity index (χ0v) is 19.4. The summed E-state index contributed by atoms with van der Waals surface area (Å²) in [6.45, 7) is 4.57. The second-order valence-electron chi connectivity index (χ2n) is 10.0. The number of amides is 2. The van der Waals surface area contributed by atoms with Crippen LogP contribution >= 0.6 is 0 Å². The Bertz CT molecular complexity index is 826. The molecule has 4 rings (SSSR count). The molecule has 170 valence electrons. The maximum atomic E-state index is 12.6. The number of rotatable bonds is 5. The normalized spacial score (nSPS) is 25.7. The molecule has 2 aromatic rings. The van der Waals surface area contributed by atoms with Crippen LogP contribution in [-0.4, -0.2) is 23.9 Å². The monoisotopic (exact) mass is 432 g/mol. The third-order valence-corrected chi connectivity index (χ3v) is 7.33. The topological polar surface area (TPSA) is 58.2 Å². The van der Waals surface area contributed by atoms with E-state index in [-0.39, 0.29) is 11.8 Å². The van der Waals surface area contributed by atoms with Crippen molar-refractivity contribution in [1.82, 2.24) is 10.6 Å². The number of hydrogen-bond donors (Lipinski definition) is 2. The lowest BCUT2D eigenvalue weighted by Gasteiger charge is -2.27. The zero-order chi connectivity index (χ0) is 22.5. The summed E-state index contributed by atoms with van der Waals surface area (Å²) in [5, 5.41) is 6.37. The first-order valence-electron chi connectivity index (χ1n) is 12.3. The molecule has 0 bridgehead atoms. The summed E-state index contributed by atoms with van der Waals surface area (Å²) < 4.78 is 0. The molecule has 2 aliphatic rings. The molecule has 0 aromatic heterocycles. The van der Waals surface area contributed by atoms with Gasteiger partial charge in [-0.05, 0) is 98.6 Å². The van der Waals surface area contributed by atoms with Crippen LogP contribution < -0.4 is 10.6 Å². The minimum absolute atomic E-state index is 0.0141. The van der Waals surface area contributed by atoms with Crippen molar-refractivity contribution in [3.63, 3.8) is 0 Å². The molecule has 0 heterocycles. The highest BCUT2D eigenvalue weighted by atomic mass is 16.2. The van der Waals surface area contributed by atoms with Crippen LogP contribution in [0.15, 0.2) is 48.5 Å². The van der Waals surface area contributed by atoms with E-state index in [1.807, 2.05) is 48.5 Å². The van der Waals surface area contributed by atoms with E-state index in [0.29, 0.717) is 23.2 Å². The van der Waals surface area contributed by atoms with Crippen molar-refractivity contribution in [3.05, 3.63) is 59.7 Å². The lowest BCUT2D eigenvalue weighted by molar-refractivity contribution is 0.0914. The van der Waals surface area contributed by atoms with Crippen molar-refractivity contribution in [2.45, 2.75) is 77.3 Å². The smallest absolute Gasteiger partial charge is 0.251 e. The van der Waals surface area contributed by atoms with Gasteiger partial charge in [0.25, 0.3) is 11.8 Å². The SMILES string of the molecule is CC1CCC(NC(=O)c2ccc(-c3ccc(C(=O)NC4CCC(C)CC4)cc3)cc2)CC1. The van der Waals surface area contributed by atoms with Gasteiger partial charge in [-0.15, -0.1) is 0 Å². The maximum Gasteiger partial charge on any atom is 0.251 e. The second-order valence-corrected chi connectivity index (χ2v) is 10.0. The largest absolute Gasteiger partial charge is 0.349 e. The fraction of sp³-hybridized carbons (Fsp3) is 0.500. The summed E-state index contributed by atoms with van der Waals surface area (Å²) >= 11 is 0. The molecule has 2 fully saturated rings. The average molecular weight is 433 g/mol. The third kappa shape index (κ3) is 5.79. The maximum absolute atomic E-state index is 12.6. The molecule has 32 heavy (non-hydrogen) atoms. The molecule has 2 aromatic carbocycles. The van der Waals surface area contributed by atoms with Crippen LogP contribution in [0.2, 0.25) is 0 Å². The Kier molecular flexibility index (Phi) is 7.29. The fourth-order valence-electron chi connectivity index (χ4n) is 4.97. The molecular weight excluding hydrogens is 396 g/mol. The van der Waals surface area contributed by atoms with Gasteiger partial charge in [0, 0.05) is 23.2 Å². The standard InChI is InChI=1S/C28H36N2O2/c1-19-3-15-25(16-4-19)29-27(31)23-11-7-21(8-12-23)22-9-13-24(14-10-22)28(32)30-26-17-5-20(2)6-18-26/h7-14,19-20,25-26H,3-6,15-18H2,1-2H3,(H,29,31)(H,30,32). The number of hydrogen-bond acceptors (Lipinski definition) is 2. The molecule has 0 spiro atoms. The molecular formula is C28H36N2O2. The Labute approximate surface area is 192 Å². The molecule has 0 atom stereocenters. The Morgan fingerprint density at radius 1 is 0.562 bits per heavy atom. The van der Waals surface area contributed by atoms with Crippen molar-refractivity contribution in [2.24, 2.45) is 11.8 Å². The van der Waals surface area contributed by atoms with Crippen LogP contribution in [0.4, 0.5) is 0 Å². The molecule has 2 saturated carbocycles. The minimum Gasteiger partial charge on any atom is -0.349 e. The molecule has 4 nitrogen and oxygen atoms in total. The van der Waals surface area contributed by atoms with Crippen molar-refractivity contribution in [2.75, 3.05) is 0 Å². The first kappa shape index (κ1) is 22.6. The Morgan fingerprint density at radius 3 is 1.19 bits per heavy atom. The van der Waals surface area contributed by atoms with E-state index in [9.17, 15) is 9.59 Å². The van der Waals surface area contributed by atoms with Crippen LogP contribution in [0.25, 0.3) is 11.1 Å². The molecule has 0 radical (unpaired) electrons. The summed E-state index contributed by atoms with van der Waals surface area (Å²) in [7, 11) is 0. The highest BCUT2D eigenvalue weighted by Crippen LogP contribution is 2.25. The minimum atomic E-state index is 0.0141. The van der Waals surface area contributed by atoms with Crippen molar-refractivity contribution in [3.8, 4) is 11.1 Å². The van der Waals surface area contributed by atoms with Crippen LogP contribution in [0.1, 0.15) is 85.9 Å². The molecule has 2 amide bonds. The van der Waals surface area contributed by atoms with Crippen molar-refractivity contribution >= 4 is 11.8 Å². The first-order valence-corrected chi connectivity index (χ1v) is 12.3. The van der Waals surface area contributed by atoms with E-state index in [0.717, 1.165) is 48.6 Å². The van der Waals surface area contributed by atoms with Gasteiger partial charge < -0.3 is 10.6 Å². The van der Waals surface area contributed by atoms with Gasteiger partial charge in [-0.2, -0.15) is 0 Å². The molecule has 4 heteroatoms. The van der Waals surface area contributed by atoms with E-state index in [1.165, 1.54) is 25.7 Å². The number of carbonyl (C=O) groups excluding carboxylic acids is 2. The van der Waals surface area contributed by atoms with Crippen molar-refractivity contribution < 1.29 is 9.59 Å². The highest BCUT2D eigenvalue weighted by Gasteiger charge is 2.21. The van der Waals surface area contributed by atoms with E-state index in [1.54, 1.807) is 0 Å². The second kappa shape index (κ2) is 10.3. The summed E-state index contributed by atoms with van der Waals surface area (Å²) in [5.74, 6) is 1.58. The van der Waals surface area contributed by atoms with Gasteiger partial charge in [-0.25, -0.2) is 0 Å². The first-order chi connectivity index (χ1) is 15.5. The van der Waals surface area contributed by atoms with Crippen LogP contribution in [0.5, 0.6) is 0 Å². The number of benzene rings is 2. The zero-order valence-electron chi connectivity index (χ0n) is 19.4. The number of nitrogens with one attached hydrogen (secondary N) is 2. The highest BCUT2D eigenvalue weighted by molar-refractivity contribution is 5.96. The van der Waals surface area contributed by atoms with E-state index < -0.39 is 0 Å². The molecule has 2 aliphatic carbocycles. The van der Waals surface area contributed by atoms with Gasteiger partial charge in [0.05, 0.1) is 0 Å². The Hall–Kier alpha value is -2.62. The predicted molar refractivity (Wildman–Crippen MR) is 130 cm³/mol. The summed E-state index contributed by atoms with van der Waals surface area (Å²) in [6, 6.07) is 16.1. The van der Waals surface area contributed by atoms with Gasteiger partial charge in [-0.3, -0.25) is 9.59 Å². The Morgan fingerprint density at radius 2 is 0.875 bits per heavy atom. The molecule has 0 unspecified atom stereocenters. The predicted octanol–water partition coefficient (Wildman–Crippen LogP) is 5.97. The summed E-state index contributed by atoms with van der Waals surface area (Å²) in [5.41, 5.74) is 3.48. The molecule has 2 N–H and O–H groups in total. The lowest BCUT2D eigenvalue weighted by atomic mass is 9.87. The van der Waals surface area contributed by atoms with Gasteiger partial charge in [0.15, 0.2) is 0 Å². The van der Waals surface area contributed by atoms with Crippen LogP contribution in [-0.2, 0) is 0 Å². The lowest BCUT2D eigenvalue weighted by Crippen LogP contribution is -2.37. The summed E-state index contributed by atoms with van der Waals surface area (Å²) in [6.07, 6.45) is 9.07. The quantitative estimate of drug-likeness (QED) is 0.611. The Balaban J connectivity index is 1.32. The van der Waals surface area contributed by atoms with E-state index in [2.05, 4.69) is 24.5 Å². The third-order valence-electron chi connectivity index (χ3n) is 7.33. The fourth-order valence-corrected chi connectivity index (χ4v) is 4.97. The van der Waals surface area contributed by atoms with E-state index in [4.69, 9.17) is 0 Å².